The average molecular weight is 318 g/mol. The fraction of sp³-hybridized carbons (Fsp3) is 0.375. The van der Waals surface area contributed by atoms with Crippen molar-refractivity contribution in [1.82, 2.24) is 15.6 Å². The number of thiazole rings is 1. The Morgan fingerprint density at radius 3 is 2.68 bits per heavy atom. The summed E-state index contributed by atoms with van der Waals surface area (Å²) in [6.07, 6.45) is 3.85. The summed E-state index contributed by atoms with van der Waals surface area (Å²) in [6, 6.07) is 7.35. The second-order valence-electron chi connectivity index (χ2n) is 4.99. The standard InChI is InChI=1S/C16H22N4OS/c1-12-10-19-15(22-12)11-20-16(17-2)18-9-3-4-13-5-7-14(21)8-6-13/h5-8,10,21H,3-4,9,11H2,1-2H3,(H2,17,18,20). The second kappa shape index (κ2) is 8.38. The van der Waals surface area contributed by atoms with E-state index in [1.807, 2.05) is 18.3 Å². The maximum Gasteiger partial charge on any atom is 0.191 e. The van der Waals surface area contributed by atoms with E-state index in [2.05, 4.69) is 27.5 Å². The number of phenolic OH excluding ortho intramolecular Hbond substituents is 1. The Kier molecular flexibility index (Phi) is 6.21. The van der Waals surface area contributed by atoms with Crippen LogP contribution in [0.3, 0.4) is 0 Å². The first-order valence-corrected chi connectivity index (χ1v) is 8.13. The number of nitrogens with one attached hydrogen (secondary N) is 2. The minimum absolute atomic E-state index is 0.309. The molecule has 22 heavy (non-hydrogen) atoms. The third-order valence-electron chi connectivity index (χ3n) is 3.17. The van der Waals surface area contributed by atoms with Crippen LogP contribution in [0.4, 0.5) is 0 Å². The van der Waals surface area contributed by atoms with Gasteiger partial charge in [0.15, 0.2) is 5.96 Å². The van der Waals surface area contributed by atoms with Crippen molar-refractivity contribution in [3.05, 3.63) is 45.9 Å². The third-order valence-corrected chi connectivity index (χ3v) is 4.08. The van der Waals surface area contributed by atoms with Gasteiger partial charge in [-0.25, -0.2) is 4.98 Å². The maximum absolute atomic E-state index is 9.25. The molecule has 1 heterocycles. The summed E-state index contributed by atoms with van der Waals surface area (Å²) in [5, 5.41) is 16.9. The quantitative estimate of drug-likeness (QED) is 0.435. The van der Waals surface area contributed by atoms with Gasteiger partial charge in [-0.1, -0.05) is 12.1 Å². The summed E-state index contributed by atoms with van der Waals surface area (Å²) >= 11 is 1.69. The van der Waals surface area contributed by atoms with E-state index in [4.69, 9.17) is 0 Å². The van der Waals surface area contributed by atoms with Gasteiger partial charge in [0.25, 0.3) is 0 Å². The Bertz CT molecular complexity index is 607. The number of phenols is 1. The van der Waals surface area contributed by atoms with E-state index >= 15 is 0 Å². The zero-order chi connectivity index (χ0) is 15.8. The molecule has 118 valence electrons. The highest BCUT2D eigenvalue weighted by molar-refractivity contribution is 7.11. The lowest BCUT2D eigenvalue weighted by Gasteiger charge is -2.10. The van der Waals surface area contributed by atoms with Crippen molar-refractivity contribution in [2.45, 2.75) is 26.3 Å². The van der Waals surface area contributed by atoms with E-state index in [1.54, 1.807) is 30.5 Å². The number of guanidine groups is 1. The van der Waals surface area contributed by atoms with Crippen LogP contribution >= 0.6 is 11.3 Å². The highest BCUT2D eigenvalue weighted by Gasteiger charge is 2.01. The van der Waals surface area contributed by atoms with Crippen LogP contribution in [-0.4, -0.2) is 29.6 Å². The topological polar surface area (TPSA) is 69.5 Å². The lowest BCUT2D eigenvalue weighted by Crippen LogP contribution is -2.37. The predicted molar refractivity (Wildman–Crippen MR) is 91.5 cm³/mol. The number of rotatable bonds is 6. The number of hydrogen-bond donors (Lipinski definition) is 3. The number of aromatic hydroxyl groups is 1. The molecule has 0 aliphatic heterocycles. The molecule has 0 unspecified atom stereocenters. The zero-order valence-electron chi connectivity index (χ0n) is 13.0. The summed E-state index contributed by atoms with van der Waals surface area (Å²) < 4.78 is 0. The fourth-order valence-electron chi connectivity index (χ4n) is 2.03. The lowest BCUT2D eigenvalue weighted by atomic mass is 10.1. The Morgan fingerprint density at radius 1 is 1.27 bits per heavy atom. The molecule has 0 spiro atoms. The van der Waals surface area contributed by atoms with E-state index in [-0.39, 0.29) is 0 Å². The van der Waals surface area contributed by atoms with Gasteiger partial charge in [0.1, 0.15) is 10.8 Å². The van der Waals surface area contributed by atoms with Crippen LogP contribution in [0, 0.1) is 6.92 Å². The summed E-state index contributed by atoms with van der Waals surface area (Å²) in [7, 11) is 1.77. The van der Waals surface area contributed by atoms with Crippen LogP contribution in [0.25, 0.3) is 0 Å². The van der Waals surface area contributed by atoms with Gasteiger partial charge in [-0.3, -0.25) is 4.99 Å². The number of aromatic nitrogens is 1. The minimum atomic E-state index is 0.309. The van der Waals surface area contributed by atoms with E-state index in [0.717, 1.165) is 30.4 Å². The molecule has 6 heteroatoms. The first kappa shape index (κ1) is 16.3. The Hall–Kier alpha value is -2.08. The van der Waals surface area contributed by atoms with Crippen molar-refractivity contribution >= 4 is 17.3 Å². The van der Waals surface area contributed by atoms with Crippen LogP contribution in [0.5, 0.6) is 5.75 Å². The lowest BCUT2D eigenvalue weighted by molar-refractivity contribution is 0.475. The molecule has 0 radical (unpaired) electrons. The van der Waals surface area contributed by atoms with E-state index in [9.17, 15) is 5.11 Å². The molecule has 3 N–H and O–H groups in total. The molecule has 1 aromatic carbocycles. The molecule has 2 rings (SSSR count). The average Bonchev–Trinajstić information content (AvgIpc) is 2.94. The van der Waals surface area contributed by atoms with Crippen LogP contribution in [0.1, 0.15) is 21.9 Å². The largest absolute Gasteiger partial charge is 0.508 e. The first-order valence-electron chi connectivity index (χ1n) is 7.31. The number of benzene rings is 1. The van der Waals surface area contributed by atoms with Crippen LogP contribution in [0.15, 0.2) is 35.5 Å². The molecule has 2 aromatic rings. The van der Waals surface area contributed by atoms with Crippen LogP contribution in [-0.2, 0) is 13.0 Å². The smallest absolute Gasteiger partial charge is 0.191 e. The molecule has 0 fully saturated rings. The molecule has 1 aromatic heterocycles. The second-order valence-corrected chi connectivity index (χ2v) is 6.31. The van der Waals surface area contributed by atoms with Gasteiger partial charge in [-0.05, 0) is 37.5 Å². The highest BCUT2D eigenvalue weighted by atomic mass is 32.1. The Morgan fingerprint density at radius 2 is 2.05 bits per heavy atom. The van der Waals surface area contributed by atoms with Gasteiger partial charge in [-0.15, -0.1) is 11.3 Å². The summed E-state index contributed by atoms with van der Waals surface area (Å²) in [4.78, 5) is 9.74. The van der Waals surface area contributed by atoms with Crippen molar-refractivity contribution in [1.29, 1.82) is 0 Å². The summed E-state index contributed by atoms with van der Waals surface area (Å²) in [5.74, 6) is 1.10. The van der Waals surface area contributed by atoms with Crippen LogP contribution < -0.4 is 10.6 Å². The van der Waals surface area contributed by atoms with Gasteiger partial charge in [0.05, 0.1) is 6.54 Å². The Balaban J connectivity index is 1.67. The highest BCUT2D eigenvalue weighted by Crippen LogP contribution is 2.11. The zero-order valence-corrected chi connectivity index (χ0v) is 13.8. The SMILES string of the molecule is CN=C(NCCCc1ccc(O)cc1)NCc1ncc(C)s1. The van der Waals surface area contributed by atoms with Crippen molar-refractivity contribution < 1.29 is 5.11 Å². The number of aliphatic imine (C=N–C) groups is 1. The molecular formula is C16H22N4OS. The van der Waals surface area contributed by atoms with Crippen molar-refractivity contribution in [2.24, 2.45) is 4.99 Å². The molecule has 0 aliphatic rings. The van der Waals surface area contributed by atoms with Crippen molar-refractivity contribution in [3.8, 4) is 5.75 Å². The molecular weight excluding hydrogens is 296 g/mol. The van der Waals surface area contributed by atoms with Crippen molar-refractivity contribution in [3.63, 3.8) is 0 Å². The monoisotopic (exact) mass is 318 g/mol. The van der Waals surface area contributed by atoms with E-state index < -0.39 is 0 Å². The van der Waals surface area contributed by atoms with Gasteiger partial charge in [-0.2, -0.15) is 0 Å². The number of nitrogens with zero attached hydrogens (tertiary/aromatic N) is 2. The molecule has 0 saturated heterocycles. The first-order chi connectivity index (χ1) is 10.7. The molecule has 0 bridgehead atoms. The molecule has 0 saturated carbocycles. The number of aryl methyl sites for hydroxylation is 2. The fourth-order valence-corrected chi connectivity index (χ4v) is 2.75. The molecule has 0 atom stereocenters. The summed E-state index contributed by atoms with van der Waals surface area (Å²) in [5.41, 5.74) is 1.22. The molecule has 0 amide bonds. The van der Waals surface area contributed by atoms with E-state index in [0.29, 0.717) is 12.3 Å². The number of hydrogen-bond acceptors (Lipinski definition) is 4. The van der Waals surface area contributed by atoms with E-state index in [1.165, 1.54) is 10.4 Å². The van der Waals surface area contributed by atoms with Gasteiger partial charge >= 0.3 is 0 Å². The van der Waals surface area contributed by atoms with Crippen LogP contribution in [0.2, 0.25) is 0 Å². The third kappa shape index (κ3) is 5.37. The van der Waals surface area contributed by atoms with Gasteiger partial charge in [0, 0.05) is 24.7 Å². The predicted octanol–water partition coefficient (Wildman–Crippen LogP) is 2.45. The van der Waals surface area contributed by atoms with Crippen molar-refractivity contribution in [2.75, 3.05) is 13.6 Å². The van der Waals surface area contributed by atoms with Gasteiger partial charge in [0.2, 0.25) is 0 Å². The van der Waals surface area contributed by atoms with Gasteiger partial charge < -0.3 is 15.7 Å². The minimum Gasteiger partial charge on any atom is -0.508 e. The normalized spacial score (nSPS) is 11.5. The maximum atomic E-state index is 9.25. The summed E-state index contributed by atoms with van der Waals surface area (Å²) in [6.45, 7) is 3.59. The molecule has 0 aliphatic carbocycles. The Labute approximate surface area is 135 Å². The molecule has 5 nitrogen and oxygen atoms in total.